The normalized spacial score (nSPS) is 16.7. The fraction of sp³-hybridized carbons (Fsp3) is 0.217. The highest BCUT2D eigenvalue weighted by molar-refractivity contribution is 6.33. The van der Waals surface area contributed by atoms with E-state index in [0.717, 1.165) is 53.4 Å². The molecule has 0 aliphatic carbocycles. The van der Waals surface area contributed by atoms with Crippen LogP contribution in [0.1, 0.15) is 11.7 Å². The second kappa shape index (κ2) is 8.07. The molecule has 5 rings (SSSR count). The van der Waals surface area contributed by atoms with Gasteiger partial charge in [0.05, 0.1) is 35.1 Å². The molecular weight excluding hydrogens is 398 g/mol. The predicted octanol–water partition coefficient (Wildman–Crippen LogP) is 4.69. The lowest BCUT2D eigenvalue weighted by Crippen LogP contribution is -2.33. The number of halogens is 1. The Kier molecular flexibility index (Phi) is 5.12. The number of aromatic nitrogens is 3. The second-order valence-corrected chi connectivity index (χ2v) is 7.83. The minimum absolute atomic E-state index is 0.106. The number of hydrogen-bond acceptors (Lipinski definition) is 5. The van der Waals surface area contributed by atoms with Gasteiger partial charge in [-0.3, -0.25) is 0 Å². The van der Waals surface area contributed by atoms with E-state index in [1.54, 1.807) is 6.20 Å². The van der Waals surface area contributed by atoms with Crippen molar-refractivity contribution in [3.05, 3.63) is 71.6 Å². The molecule has 0 saturated carbocycles. The van der Waals surface area contributed by atoms with E-state index in [1.165, 1.54) is 5.56 Å². The Balaban J connectivity index is 1.38. The zero-order valence-electron chi connectivity index (χ0n) is 16.6. The summed E-state index contributed by atoms with van der Waals surface area (Å²) in [7, 11) is 1.98. The first kappa shape index (κ1) is 19.1. The quantitative estimate of drug-likeness (QED) is 0.502. The number of hydrogen-bond donors (Lipinski definition) is 2. The van der Waals surface area contributed by atoms with E-state index in [0.29, 0.717) is 5.02 Å². The van der Waals surface area contributed by atoms with E-state index in [4.69, 9.17) is 16.3 Å². The Morgan fingerprint density at radius 2 is 2.00 bits per heavy atom. The van der Waals surface area contributed by atoms with Gasteiger partial charge in [0.1, 0.15) is 5.82 Å². The molecule has 7 heteroatoms. The molecule has 1 unspecified atom stereocenters. The Morgan fingerprint density at radius 3 is 2.80 bits per heavy atom. The number of ether oxygens (including phenoxy) is 1. The first-order chi connectivity index (χ1) is 14.7. The summed E-state index contributed by atoms with van der Waals surface area (Å²) in [5, 5.41) is 7.33. The van der Waals surface area contributed by atoms with Crippen molar-refractivity contribution in [2.75, 3.05) is 25.0 Å². The SMILES string of the molecule is Cn1cnc2cc(-c3cc(Nc4ccc(C5CNCCO5)cc4)ncc3Cl)ccc21. The molecule has 1 atom stereocenters. The number of nitrogens with one attached hydrogen (secondary N) is 2. The van der Waals surface area contributed by atoms with Crippen LogP contribution in [0.3, 0.4) is 0 Å². The molecule has 1 aliphatic rings. The van der Waals surface area contributed by atoms with Gasteiger partial charge >= 0.3 is 0 Å². The number of nitrogens with zero attached hydrogens (tertiary/aromatic N) is 3. The third-order valence-electron chi connectivity index (χ3n) is 5.37. The molecule has 2 aromatic heterocycles. The number of morpholine rings is 1. The molecule has 6 nitrogen and oxygen atoms in total. The number of fused-ring (bicyclic) bond motifs is 1. The van der Waals surface area contributed by atoms with Gasteiger partial charge in [0.15, 0.2) is 0 Å². The van der Waals surface area contributed by atoms with Crippen LogP contribution < -0.4 is 10.6 Å². The Labute approximate surface area is 179 Å². The average molecular weight is 420 g/mol. The molecule has 2 N–H and O–H groups in total. The lowest BCUT2D eigenvalue weighted by molar-refractivity contribution is 0.0277. The third-order valence-corrected chi connectivity index (χ3v) is 5.68. The molecule has 30 heavy (non-hydrogen) atoms. The summed E-state index contributed by atoms with van der Waals surface area (Å²) in [4.78, 5) is 8.89. The van der Waals surface area contributed by atoms with Crippen LogP contribution in [0, 0.1) is 0 Å². The second-order valence-electron chi connectivity index (χ2n) is 7.42. The van der Waals surface area contributed by atoms with Crippen molar-refractivity contribution in [3.8, 4) is 11.1 Å². The van der Waals surface area contributed by atoms with Gasteiger partial charge in [-0.05, 0) is 41.5 Å². The van der Waals surface area contributed by atoms with Crippen molar-refractivity contribution in [2.45, 2.75) is 6.10 Å². The van der Waals surface area contributed by atoms with Crippen molar-refractivity contribution >= 4 is 34.1 Å². The van der Waals surface area contributed by atoms with Gasteiger partial charge in [-0.2, -0.15) is 0 Å². The van der Waals surface area contributed by atoms with E-state index >= 15 is 0 Å². The van der Waals surface area contributed by atoms with Crippen molar-refractivity contribution < 1.29 is 4.74 Å². The first-order valence-electron chi connectivity index (χ1n) is 9.94. The maximum atomic E-state index is 6.46. The minimum Gasteiger partial charge on any atom is -0.371 e. The molecule has 4 aromatic rings. The van der Waals surface area contributed by atoms with Crippen LogP contribution in [0.15, 0.2) is 61.1 Å². The summed E-state index contributed by atoms with van der Waals surface area (Å²) in [5.74, 6) is 0.735. The van der Waals surface area contributed by atoms with Crippen molar-refractivity contribution in [3.63, 3.8) is 0 Å². The summed E-state index contributed by atoms with van der Waals surface area (Å²) in [6.07, 6.45) is 3.60. The van der Waals surface area contributed by atoms with Gasteiger partial charge < -0.3 is 19.9 Å². The number of benzene rings is 2. The number of anilines is 2. The van der Waals surface area contributed by atoms with Crippen molar-refractivity contribution in [2.24, 2.45) is 7.05 Å². The van der Waals surface area contributed by atoms with E-state index in [9.17, 15) is 0 Å². The van der Waals surface area contributed by atoms with Gasteiger partial charge in [0.25, 0.3) is 0 Å². The highest BCUT2D eigenvalue weighted by atomic mass is 35.5. The van der Waals surface area contributed by atoms with Gasteiger partial charge in [-0.1, -0.05) is 29.8 Å². The average Bonchev–Trinajstić information content (AvgIpc) is 3.16. The predicted molar refractivity (Wildman–Crippen MR) is 120 cm³/mol. The van der Waals surface area contributed by atoms with E-state index in [2.05, 4.69) is 44.9 Å². The summed E-state index contributed by atoms with van der Waals surface area (Å²) >= 11 is 6.46. The number of aryl methyl sites for hydroxylation is 1. The molecule has 1 saturated heterocycles. The van der Waals surface area contributed by atoms with E-state index in [-0.39, 0.29) is 6.10 Å². The van der Waals surface area contributed by atoms with E-state index in [1.807, 2.05) is 42.2 Å². The third kappa shape index (κ3) is 3.77. The zero-order valence-corrected chi connectivity index (χ0v) is 17.4. The highest BCUT2D eigenvalue weighted by Crippen LogP contribution is 2.32. The fourth-order valence-electron chi connectivity index (χ4n) is 3.74. The number of pyridine rings is 1. The van der Waals surface area contributed by atoms with E-state index < -0.39 is 0 Å². The van der Waals surface area contributed by atoms with Crippen LogP contribution in [0.25, 0.3) is 22.2 Å². The van der Waals surface area contributed by atoms with Crippen LogP contribution in [0.5, 0.6) is 0 Å². The van der Waals surface area contributed by atoms with Gasteiger partial charge in [0.2, 0.25) is 0 Å². The Hall–Kier alpha value is -2.93. The molecular formula is C23H22ClN5O. The topological polar surface area (TPSA) is 64.0 Å². The first-order valence-corrected chi connectivity index (χ1v) is 10.3. The Morgan fingerprint density at radius 1 is 1.13 bits per heavy atom. The van der Waals surface area contributed by atoms with Gasteiger partial charge in [-0.25, -0.2) is 9.97 Å². The summed E-state index contributed by atoms with van der Waals surface area (Å²) in [6.45, 7) is 2.50. The Bertz CT molecular complexity index is 1180. The molecule has 0 radical (unpaired) electrons. The molecule has 152 valence electrons. The van der Waals surface area contributed by atoms with Crippen LogP contribution in [0.2, 0.25) is 5.02 Å². The summed E-state index contributed by atoms with van der Waals surface area (Å²) in [6, 6.07) is 16.4. The standard InChI is InChI=1S/C23H22ClN5O/c1-29-14-27-20-10-16(4-7-21(20)29)18-11-23(26-12-19(18)24)28-17-5-2-15(3-6-17)22-13-25-8-9-30-22/h2-7,10-12,14,22,25H,8-9,13H2,1H3,(H,26,28). The smallest absolute Gasteiger partial charge is 0.131 e. The lowest BCUT2D eigenvalue weighted by Gasteiger charge is -2.24. The highest BCUT2D eigenvalue weighted by Gasteiger charge is 2.15. The molecule has 1 aliphatic heterocycles. The summed E-state index contributed by atoms with van der Waals surface area (Å²) < 4.78 is 7.81. The maximum Gasteiger partial charge on any atom is 0.131 e. The van der Waals surface area contributed by atoms with Crippen LogP contribution in [-0.2, 0) is 11.8 Å². The molecule has 0 amide bonds. The molecule has 1 fully saturated rings. The van der Waals surface area contributed by atoms with Crippen molar-refractivity contribution in [1.82, 2.24) is 19.9 Å². The summed E-state index contributed by atoms with van der Waals surface area (Å²) in [5.41, 5.74) is 6.07. The number of rotatable bonds is 4. The lowest BCUT2D eigenvalue weighted by atomic mass is 10.1. The monoisotopic (exact) mass is 419 g/mol. The number of imidazole rings is 1. The molecule has 3 heterocycles. The van der Waals surface area contributed by atoms with Crippen LogP contribution >= 0.6 is 11.6 Å². The van der Waals surface area contributed by atoms with Gasteiger partial charge in [0, 0.05) is 37.6 Å². The van der Waals surface area contributed by atoms with Gasteiger partial charge in [-0.15, -0.1) is 0 Å². The van der Waals surface area contributed by atoms with Crippen LogP contribution in [0.4, 0.5) is 11.5 Å². The minimum atomic E-state index is 0.106. The zero-order chi connectivity index (χ0) is 20.5. The van der Waals surface area contributed by atoms with Crippen molar-refractivity contribution in [1.29, 1.82) is 0 Å². The molecule has 0 bridgehead atoms. The molecule has 2 aromatic carbocycles. The largest absolute Gasteiger partial charge is 0.371 e. The van der Waals surface area contributed by atoms with Crippen LogP contribution in [-0.4, -0.2) is 34.2 Å². The maximum absolute atomic E-state index is 6.46. The molecule has 0 spiro atoms. The fourth-order valence-corrected chi connectivity index (χ4v) is 3.95.